The zero-order chi connectivity index (χ0) is 17.6. The Kier molecular flexibility index (Phi) is 6.00. The van der Waals surface area contributed by atoms with E-state index in [4.69, 9.17) is 0 Å². The van der Waals surface area contributed by atoms with E-state index in [0.717, 1.165) is 14.8 Å². The number of rotatable bonds is 7. The summed E-state index contributed by atoms with van der Waals surface area (Å²) in [6.07, 6.45) is 0. The molecule has 0 aliphatic carbocycles. The van der Waals surface area contributed by atoms with E-state index < -0.39 is 0 Å². The van der Waals surface area contributed by atoms with Gasteiger partial charge in [-0.25, -0.2) is 4.39 Å². The summed E-state index contributed by atoms with van der Waals surface area (Å²) >= 11 is 4.29. The number of halogens is 1. The van der Waals surface area contributed by atoms with Gasteiger partial charge in [0.2, 0.25) is 11.0 Å². The molecule has 3 aromatic rings. The lowest BCUT2D eigenvalue weighted by molar-refractivity contribution is -0.119. The van der Waals surface area contributed by atoms with Crippen molar-refractivity contribution in [1.82, 2.24) is 15.5 Å². The van der Waals surface area contributed by atoms with Gasteiger partial charge in [0.05, 0.1) is 11.8 Å². The smallest absolute Gasteiger partial charge is 0.231 e. The van der Waals surface area contributed by atoms with Crippen molar-refractivity contribution in [3.05, 3.63) is 58.0 Å². The summed E-state index contributed by atoms with van der Waals surface area (Å²) in [5, 5.41) is 16.5. The second-order valence-electron chi connectivity index (χ2n) is 4.98. The third-order valence-corrected chi connectivity index (χ3v) is 6.29. The van der Waals surface area contributed by atoms with Gasteiger partial charge in [-0.3, -0.25) is 4.79 Å². The van der Waals surface area contributed by atoms with Crippen molar-refractivity contribution in [2.75, 3.05) is 18.1 Å². The van der Waals surface area contributed by atoms with Gasteiger partial charge in [-0.15, -0.1) is 21.5 Å². The molecular formula is C16H15FN4OS3. The quantitative estimate of drug-likeness (QED) is 0.597. The third kappa shape index (κ3) is 4.77. The molecule has 0 aliphatic heterocycles. The van der Waals surface area contributed by atoms with Crippen molar-refractivity contribution in [3.8, 4) is 0 Å². The molecule has 0 saturated heterocycles. The highest BCUT2D eigenvalue weighted by Crippen LogP contribution is 2.28. The molecule has 130 valence electrons. The van der Waals surface area contributed by atoms with Crippen molar-refractivity contribution in [2.45, 2.75) is 10.4 Å². The van der Waals surface area contributed by atoms with Crippen LogP contribution < -0.4 is 10.6 Å². The van der Waals surface area contributed by atoms with Crippen LogP contribution in [0.25, 0.3) is 0 Å². The van der Waals surface area contributed by atoms with Gasteiger partial charge in [0.25, 0.3) is 0 Å². The van der Waals surface area contributed by atoms with Gasteiger partial charge in [-0.2, -0.15) is 0 Å². The molecule has 0 saturated carbocycles. The second-order valence-corrected chi connectivity index (χ2v) is 8.16. The zero-order valence-corrected chi connectivity index (χ0v) is 15.7. The summed E-state index contributed by atoms with van der Waals surface area (Å²) < 4.78 is 13.9. The number of thioether (sulfide) groups is 1. The highest BCUT2D eigenvalue weighted by Gasteiger charge is 2.18. The average Bonchev–Trinajstić information content (AvgIpc) is 3.30. The Morgan fingerprint density at radius 1 is 1.28 bits per heavy atom. The predicted molar refractivity (Wildman–Crippen MR) is 101 cm³/mol. The van der Waals surface area contributed by atoms with Crippen molar-refractivity contribution in [2.24, 2.45) is 0 Å². The number of aromatic nitrogens is 2. The highest BCUT2D eigenvalue weighted by atomic mass is 32.2. The fraction of sp³-hybridized carbons (Fsp3) is 0.188. The maximum absolute atomic E-state index is 13.2. The van der Waals surface area contributed by atoms with Crippen molar-refractivity contribution in [1.29, 1.82) is 0 Å². The first kappa shape index (κ1) is 17.8. The first-order chi connectivity index (χ1) is 12.2. The van der Waals surface area contributed by atoms with Crippen LogP contribution in [0.3, 0.4) is 0 Å². The molecule has 25 heavy (non-hydrogen) atoms. The van der Waals surface area contributed by atoms with Crippen LogP contribution in [-0.2, 0) is 4.79 Å². The van der Waals surface area contributed by atoms with Crippen LogP contribution in [0.1, 0.15) is 16.5 Å². The summed E-state index contributed by atoms with van der Waals surface area (Å²) in [4.78, 5) is 13.4. The molecule has 0 aliphatic rings. The van der Waals surface area contributed by atoms with Gasteiger partial charge in [0.15, 0.2) is 4.34 Å². The molecule has 2 N–H and O–H groups in total. The summed E-state index contributed by atoms with van der Waals surface area (Å²) in [6.45, 7) is 0. The zero-order valence-electron chi connectivity index (χ0n) is 13.2. The molecule has 1 atom stereocenters. The van der Waals surface area contributed by atoms with E-state index in [1.54, 1.807) is 30.5 Å². The first-order valence-electron chi connectivity index (χ1n) is 7.38. The second kappa shape index (κ2) is 8.41. The molecule has 0 spiro atoms. The molecule has 2 aromatic heterocycles. The van der Waals surface area contributed by atoms with Crippen molar-refractivity contribution < 1.29 is 9.18 Å². The van der Waals surface area contributed by atoms with Crippen LogP contribution in [-0.4, -0.2) is 28.9 Å². The molecule has 3 rings (SSSR count). The van der Waals surface area contributed by atoms with Crippen molar-refractivity contribution in [3.63, 3.8) is 0 Å². The standard InChI is InChI=1S/C16H15FN4OS3/c1-18-15-20-21-16(25-15)24-9-13(22)19-14(12-3-2-8-23-12)10-4-6-11(17)7-5-10/h2-8,14H,9H2,1H3,(H,18,20)(H,19,22)/t14-/m1/s1. The van der Waals surface area contributed by atoms with Gasteiger partial charge in [0.1, 0.15) is 5.82 Å². The fourth-order valence-corrected chi connectivity index (χ4v) is 4.45. The SMILES string of the molecule is CNc1nnc(SCC(=O)N[C@H](c2ccc(F)cc2)c2cccs2)s1. The van der Waals surface area contributed by atoms with Crippen LogP contribution in [0.2, 0.25) is 0 Å². The summed E-state index contributed by atoms with van der Waals surface area (Å²) in [7, 11) is 1.77. The maximum Gasteiger partial charge on any atom is 0.231 e. The molecule has 0 fully saturated rings. The average molecular weight is 395 g/mol. The minimum absolute atomic E-state index is 0.117. The lowest BCUT2D eigenvalue weighted by Gasteiger charge is -2.18. The molecule has 1 amide bonds. The van der Waals surface area contributed by atoms with E-state index in [2.05, 4.69) is 20.8 Å². The molecule has 2 heterocycles. The number of anilines is 1. The van der Waals surface area contributed by atoms with Crippen LogP contribution in [0.15, 0.2) is 46.1 Å². The largest absolute Gasteiger partial charge is 0.363 e. The summed E-state index contributed by atoms with van der Waals surface area (Å²) in [5.74, 6) is -0.178. The van der Waals surface area contributed by atoms with Crippen molar-refractivity contribution >= 4 is 45.5 Å². The van der Waals surface area contributed by atoms with Crippen LogP contribution in [0, 0.1) is 5.82 Å². The molecule has 9 heteroatoms. The van der Waals surface area contributed by atoms with E-state index in [1.165, 1.54) is 35.2 Å². The number of benzene rings is 1. The Bertz CT molecular complexity index is 820. The van der Waals surface area contributed by atoms with Crippen LogP contribution in [0.5, 0.6) is 0 Å². The Hall–Kier alpha value is -1.97. The number of carbonyl (C=O) groups is 1. The minimum Gasteiger partial charge on any atom is -0.363 e. The number of hydrogen-bond acceptors (Lipinski definition) is 7. The van der Waals surface area contributed by atoms with Gasteiger partial charge in [-0.1, -0.05) is 41.3 Å². The van der Waals surface area contributed by atoms with Gasteiger partial charge in [0, 0.05) is 11.9 Å². The predicted octanol–water partition coefficient (Wildman–Crippen LogP) is 3.78. The van der Waals surface area contributed by atoms with Crippen LogP contribution in [0.4, 0.5) is 9.52 Å². The third-order valence-electron chi connectivity index (χ3n) is 3.28. The first-order valence-corrected chi connectivity index (χ1v) is 10.1. The summed E-state index contributed by atoms with van der Waals surface area (Å²) in [5.41, 5.74) is 0.843. The molecular weight excluding hydrogens is 379 g/mol. The number of nitrogens with zero attached hydrogens (tertiary/aromatic N) is 2. The molecule has 0 unspecified atom stereocenters. The fourth-order valence-electron chi connectivity index (χ4n) is 2.13. The highest BCUT2D eigenvalue weighted by molar-refractivity contribution is 8.01. The Balaban J connectivity index is 1.67. The Morgan fingerprint density at radius 2 is 2.08 bits per heavy atom. The normalized spacial score (nSPS) is 11.9. The molecule has 5 nitrogen and oxygen atoms in total. The van der Waals surface area contributed by atoms with E-state index in [0.29, 0.717) is 5.13 Å². The maximum atomic E-state index is 13.2. The molecule has 0 bridgehead atoms. The van der Waals surface area contributed by atoms with E-state index >= 15 is 0 Å². The van der Waals surface area contributed by atoms with Gasteiger partial charge < -0.3 is 10.6 Å². The number of hydrogen-bond donors (Lipinski definition) is 2. The lowest BCUT2D eigenvalue weighted by atomic mass is 10.1. The van der Waals surface area contributed by atoms with Gasteiger partial charge in [-0.05, 0) is 29.1 Å². The van der Waals surface area contributed by atoms with E-state index in [1.807, 2.05) is 17.5 Å². The van der Waals surface area contributed by atoms with E-state index in [9.17, 15) is 9.18 Å². The minimum atomic E-state index is -0.299. The number of amides is 1. The lowest BCUT2D eigenvalue weighted by Crippen LogP contribution is -2.30. The van der Waals surface area contributed by atoms with Gasteiger partial charge >= 0.3 is 0 Å². The number of nitrogens with one attached hydrogen (secondary N) is 2. The Labute approximate surface area is 156 Å². The Morgan fingerprint density at radius 3 is 2.72 bits per heavy atom. The number of carbonyl (C=O) groups excluding carboxylic acids is 1. The molecule has 0 radical (unpaired) electrons. The monoisotopic (exact) mass is 394 g/mol. The topological polar surface area (TPSA) is 66.9 Å². The van der Waals surface area contributed by atoms with E-state index in [-0.39, 0.29) is 23.5 Å². The molecule has 1 aromatic carbocycles. The van der Waals surface area contributed by atoms with Crippen LogP contribution >= 0.6 is 34.4 Å². The summed E-state index contributed by atoms with van der Waals surface area (Å²) in [6, 6.07) is 9.77. The number of thiophene rings is 1.